The smallest absolute Gasteiger partial charge is 0.294 e. The van der Waals surface area contributed by atoms with Gasteiger partial charge in [0.15, 0.2) is 0 Å². The van der Waals surface area contributed by atoms with Crippen molar-refractivity contribution in [2.75, 3.05) is 0 Å². The van der Waals surface area contributed by atoms with Gasteiger partial charge in [0, 0.05) is 11.5 Å². The molecule has 0 unspecified atom stereocenters. The molecule has 4 nitrogen and oxygen atoms in total. The Hall–Kier alpha value is -1.59. The number of phenolic OH excluding ortho intramolecular Hbond substituents is 1. The third-order valence-electron chi connectivity index (χ3n) is 2.05. The third-order valence-corrected chi connectivity index (χ3v) is 2.88. The van der Waals surface area contributed by atoms with Gasteiger partial charge in [-0.25, -0.2) is 0 Å². The Morgan fingerprint density at radius 2 is 2.00 bits per heavy atom. The number of hydrogen-bond acceptors (Lipinski definition) is 3. The Morgan fingerprint density at radius 1 is 1.27 bits per heavy atom. The maximum absolute atomic E-state index is 10.9. The molecule has 0 aliphatic carbocycles. The van der Waals surface area contributed by atoms with Crippen LogP contribution in [0, 0.1) is 6.07 Å². The van der Waals surface area contributed by atoms with Gasteiger partial charge in [-0.1, -0.05) is 12.1 Å². The normalized spacial score (nSPS) is 11.8. The summed E-state index contributed by atoms with van der Waals surface area (Å²) in [6.45, 7) is 0. The highest BCUT2D eigenvalue weighted by Gasteiger charge is 2.12. The van der Waals surface area contributed by atoms with E-state index in [9.17, 15) is 13.5 Å². The summed E-state index contributed by atoms with van der Waals surface area (Å²) in [7, 11) is -4.29. The molecular formula is C10H7O4S. The number of aromatic hydroxyl groups is 1. The van der Waals surface area contributed by atoms with E-state index < -0.39 is 10.1 Å². The van der Waals surface area contributed by atoms with Crippen LogP contribution in [0.25, 0.3) is 10.8 Å². The van der Waals surface area contributed by atoms with Crippen molar-refractivity contribution in [3.63, 3.8) is 0 Å². The van der Waals surface area contributed by atoms with Crippen molar-refractivity contribution in [2.24, 2.45) is 0 Å². The molecule has 0 amide bonds. The van der Waals surface area contributed by atoms with E-state index in [2.05, 4.69) is 6.07 Å². The van der Waals surface area contributed by atoms with Crippen LogP contribution in [0.4, 0.5) is 0 Å². The standard InChI is InChI=1S/C10H7O4S/c11-10-6-8(15(12,13)14)5-7-3-1-2-4-9(7)10/h1,3-6,11H,(H,12,13,14). The van der Waals surface area contributed by atoms with Gasteiger partial charge in [0.25, 0.3) is 10.1 Å². The van der Waals surface area contributed by atoms with E-state index in [1.165, 1.54) is 6.07 Å². The lowest BCUT2D eigenvalue weighted by Gasteiger charge is -2.03. The lowest BCUT2D eigenvalue weighted by Crippen LogP contribution is -1.97. The average molecular weight is 223 g/mol. The first-order valence-electron chi connectivity index (χ1n) is 4.09. The lowest BCUT2D eigenvalue weighted by atomic mass is 10.1. The van der Waals surface area contributed by atoms with E-state index in [0.717, 1.165) is 6.07 Å². The van der Waals surface area contributed by atoms with E-state index in [-0.39, 0.29) is 10.6 Å². The highest BCUT2D eigenvalue weighted by molar-refractivity contribution is 7.85. The molecule has 0 atom stereocenters. The summed E-state index contributed by atoms with van der Waals surface area (Å²) in [5, 5.41) is 10.5. The van der Waals surface area contributed by atoms with Crippen molar-refractivity contribution in [2.45, 2.75) is 4.90 Å². The molecule has 0 heterocycles. The second kappa shape index (κ2) is 3.22. The zero-order chi connectivity index (χ0) is 11.1. The fourth-order valence-electron chi connectivity index (χ4n) is 1.35. The van der Waals surface area contributed by atoms with E-state index in [0.29, 0.717) is 10.8 Å². The molecule has 0 fully saturated rings. The van der Waals surface area contributed by atoms with Crippen molar-refractivity contribution < 1.29 is 18.1 Å². The van der Waals surface area contributed by atoms with Crippen LogP contribution in [-0.4, -0.2) is 18.1 Å². The van der Waals surface area contributed by atoms with E-state index in [1.54, 1.807) is 18.2 Å². The van der Waals surface area contributed by atoms with E-state index >= 15 is 0 Å². The molecular weight excluding hydrogens is 216 g/mol. The molecule has 0 spiro atoms. The molecule has 0 aliphatic heterocycles. The van der Waals surface area contributed by atoms with Gasteiger partial charge in [-0.05, 0) is 23.6 Å². The molecule has 1 radical (unpaired) electrons. The number of rotatable bonds is 1. The first-order chi connectivity index (χ1) is 6.98. The zero-order valence-corrected chi connectivity index (χ0v) is 8.32. The van der Waals surface area contributed by atoms with Gasteiger partial charge in [-0.15, -0.1) is 0 Å². The number of hydrogen-bond donors (Lipinski definition) is 2. The molecule has 2 aromatic rings. The molecule has 0 aromatic heterocycles. The summed E-state index contributed by atoms with van der Waals surface area (Å²) in [6, 6.07) is 9.79. The molecule has 0 saturated heterocycles. The fraction of sp³-hybridized carbons (Fsp3) is 0. The Labute approximate surface area is 86.5 Å². The minimum atomic E-state index is -4.29. The summed E-state index contributed by atoms with van der Waals surface area (Å²) >= 11 is 0. The van der Waals surface area contributed by atoms with Crippen LogP contribution in [0.5, 0.6) is 5.75 Å². The minimum Gasteiger partial charge on any atom is -0.507 e. The Balaban J connectivity index is 2.85. The molecule has 77 valence electrons. The monoisotopic (exact) mass is 223 g/mol. The second-order valence-electron chi connectivity index (χ2n) is 3.06. The largest absolute Gasteiger partial charge is 0.507 e. The number of phenols is 1. The predicted molar refractivity (Wildman–Crippen MR) is 54.3 cm³/mol. The van der Waals surface area contributed by atoms with Crippen LogP contribution in [0.1, 0.15) is 0 Å². The quantitative estimate of drug-likeness (QED) is 0.720. The molecule has 2 N–H and O–H groups in total. The molecule has 2 rings (SSSR count). The second-order valence-corrected chi connectivity index (χ2v) is 4.49. The summed E-state index contributed by atoms with van der Waals surface area (Å²) in [6.07, 6.45) is 0. The summed E-state index contributed by atoms with van der Waals surface area (Å²) in [4.78, 5) is -0.321. The van der Waals surface area contributed by atoms with Crippen LogP contribution in [0.3, 0.4) is 0 Å². The molecule has 0 saturated carbocycles. The van der Waals surface area contributed by atoms with Gasteiger partial charge in [0.1, 0.15) is 5.75 Å². The number of benzene rings is 2. The third kappa shape index (κ3) is 1.79. The van der Waals surface area contributed by atoms with Gasteiger partial charge in [-0.2, -0.15) is 8.42 Å². The highest BCUT2D eigenvalue weighted by Crippen LogP contribution is 2.27. The van der Waals surface area contributed by atoms with Crippen molar-refractivity contribution >= 4 is 20.9 Å². The van der Waals surface area contributed by atoms with Gasteiger partial charge in [-0.3, -0.25) is 4.55 Å². The van der Waals surface area contributed by atoms with E-state index in [4.69, 9.17) is 4.55 Å². The van der Waals surface area contributed by atoms with Crippen LogP contribution >= 0.6 is 0 Å². The van der Waals surface area contributed by atoms with Crippen LogP contribution in [0.15, 0.2) is 35.2 Å². The Kier molecular flexibility index (Phi) is 2.13. The Morgan fingerprint density at radius 3 is 2.67 bits per heavy atom. The molecule has 15 heavy (non-hydrogen) atoms. The van der Waals surface area contributed by atoms with Crippen LogP contribution in [-0.2, 0) is 10.1 Å². The van der Waals surface area contributed by atoms with Crippen LogP contribution in [0.2, 0.25) is 0 Å². The first-order valence-corrected chi connectivity index (χ1v) is 5.53. The van der Waals surface area contributed by atoms with Gasteiger partial charge >= 0.3 is 0 Å². The zero-order valence-electron chi connectivity index (χ0n) is 7.51. The Bertz CT molecular complexity index is 616. The summed E-state index contributed by atoms with van der Waals surface area (Å²) in [5.41, 5.74) is 0. The van der Waals surface area contributed by atoms with Gasteiger partial charge < -0.3 is 5.11 Å². The van der Waals surface area contributed by atoms with Gasteiger partial charge in [0.2, 0.25) is 0 Å². The van der Waals surface area contributed by atoms with E-state index in [1.807, 2.05) is 0 Å². The average Bonchev–Trinajstić information content (AvgIpc) is 2.16. The van der Waals surface area contributed by atoms with Crippen molar-refractivity contribution in [3.8, 4) is 5.75 Å². The van der Waals surface area contributed by atoms with Crippen LogP contribution < -0.4 is 0 Å². The first kappa shape index (κ1) is 9.95. The van der Waals surface area contributed by atoms with Crippen molar-refractivity contribution in [1.82, 2.24) is 0 Å². The molecule has 0 aliphatic rings. The SMILES string of the molecule is O=S(=O)(O)c1cc(O)c2c[c]ccc2c1. The molecule has 2 aromatic carbocycles. The topological polar surface area (TPSA) is 74.6 Å². The maximum atomic E-state index is 10.9. The maximum Gasteiger partial charge on any atom is 0.294 e. The minimum absolute atomic E-state index is 0.197. The highest BCUT2D eigenvalue weighted by atomic mass is 32.2. The van der Waals surface area contributed by atoms with Crippen molar-refractivity contribution in [1.29, 1.82) is 0 Å². The lowest BCUT2D eigenvalue weighted by molar-refractivity contribution is 0.471. The van der Waals surface area contributed by atoms with Crippen molar-refractivity contribution in [3.05, 3.63) is 36.4 Å². The number of fused-ring (bicyclic) bond motifs is 1. The molecule has 0 bridgehead atoms. The molecule has 5 heteroatoms. The summed E-state index contributed by atoms with van der Waals surface area (Å²) in [5.74, 6) is -0.197. The predicted octanol–water partition coefficient (Wildman–Crippen LogP) is 1.59. The summed E-state index contributed by atoms with van der Waals surface area (Å²) < 4.78 is 30.6. The van der Waals surface area contributed by atoms with Gasteiger partial charge in [0.05, 0.1) is 4.90 Å². The fourth-order valence-corrected chi connectivity index (χ4v) is 1.88.